The summed E-state index contributed by atoms with van der Waals surface area (Å²) in [6, 6.07) is 8.62. The minimum Gasteiger partial charge on any atom is -0.387 e. The lowest BCUT2D eigenvalue weighted by Crippen LogP contribution is -2.37. The van der Waals surface area contributed by atoms with Gasteiger partial charge in [0.1, 0.15) is 0 Å². The molecule has 1 aromatic carbocycles. The van der Waals surface area contributed by atoms with Crippen LogP contribution in [0.25, 0.3) is 0 Å². The molecule has 2 heteroatoms. The van der Waals surface area contributed by atoms with Crippen molar-refractivity contribution < 1.29 is 5.11 Å². The van der Waals surface area contributed by atoms with Crippen molar-refractivity contribution in [1.82, 2.24) is 4.90 Å². The third-order valence-corrected chi connectivity index (χ3v) is 3.20. The van der Waals surface area contributed by atoms with Crippen LogP contribution >= 0.6 is 0 Å². The predicted molar refractivity (Wildman–Crippen MR) is 77.7 cm³/mol. The summed E-state index contributed by atoms with van der Waals surface area (Å²) in [4.78, 5) is 2.34. The first-order valence-corrected chi connectivity index (χ1v) is 6.88. The Morgan fingerprint density at radius 1 is 1.00 bits per heavy atom. The molecule has 0 amide bonds. The number of benzene rings is 1. The molecule has 1 atom stereocenters. The molecule has 0 aromatic heterocycles. The molecule has 0 aliphatic rings. The molecule has 0 saturated heterocycles. The van der Waals surface area contributed by atoms with Crippen LogP contribution in [0.5, 0.6) is 0 Å². The molecular weight excluding hydrogens is 222 g/mol. The van der Waals surface area contributed by atoms with Gasteiger partial charge in [-0.1, -0.05) is 43.7 Å². The zero-order valence-corrected chi connectivity index (χ0v) is 12.4. The summed E-state index contributed by atoms with van der Waals surface area (Å²) in [7, 11) is 0. The van der Waals surface area contributed by atoms with Gasteiger partial charge in [-0.25, -0.2) is 0 Å². The number of rotatable bonds is 6. The van der Waals surface area contributed by atoms with Gasteiger partial charge >= 0.3 is 0 Å². The molecule has 0 saturated carbocycles. The number of aryl methyl sites for hydroxylation is 1. The van der Waals surface area contributed by atoms with Gasteiger partial charge in [-0.05, 0) is 32.3 Å². The average Bonchev–Trinajstić information content (AvgIpc) is 2.28. The third kappa shape index (κ3) is 4.79. The van der Waals surface area contributed by atoms with E-state index in [2.05, 4.69) is 51.7 Å². The molecule has 0 radical (unpaired) electrons. The Bertz CT molecular complexity index is 343. The highest BCUT2D eigenvalue weighted by molar-refractivity contribution is 5.23. The van der Waals surface area contributed by atoms with Crippen LogP contribution in [0.4, 0.5) is 0 Å². The summed E-state index contributed by atoms with van der Waals surface area (Å²) in [5.74, 6) is 0.623. The molecule has 0 spiro atoms. The van der Waals surface area contributed by atoms with Crippen molar-refractivity contribution in [2.45, 2.75) is 46.8 Å². The first-order valence-electron chi connectivity index (χ1n) is 6.88. The molecule has 1 N–H and O–H groups in total. The molecule has 0 heterocycles. The van der Waals surface area contributed by atoms with Crippen LogP contribution in [0.15, 0.2) is 24.3 Å². The lowest BCUT2D eigenvalue weighted by molar-refractivity contribution is 0.0877. The molecule has 102 valence electrons. The van der Waals surface area contributed by atoms with E-state index in [1.165, 1.54) is 5.56 Å². The predicted octanol–water partition coefficient (Wildman–Crippen LogP) is 3.39. The van der Waals surface area contributed by atoms with Crippen LogP contribution in [-0.4, -0.2) is 29.1 Å². The Balaban J connectivity index is 2.65. The van der Waals surface area contributed by atoms with Crippen molar-refractivity contribution >= 4 is 0 Å². The van der Waals surface area contributed by atoms with Crippen molar-refractivity contribution in [3.63, 3.8) is 0 Å². The molecule has 0 fully saturated rings. The van der Waals surface area contributed by atoms with Crippen LogP contribution in [0.3, 0.4) is 0 Å². The normalized spacial score (nSPS) is 13.6. The van der Waals surface area contributed by atoms with E-state index in [4.69, 9.17) is 0 Å². The molecular formula is C16H27NO. The molecule has 1 aromatic rings. The first-order chi connectivity index (χ1) is 8.40. The largest absolute Gasteiger partial charge is 0.387 e. The standard InChI is InChI=1S/C16H27NO/c1-12(2)10-17(13(3)4)11-16(18)15-8-6-14(5)7-9-15/h6-9,12-13,16,18H,10-11H2,1-5H3. The lowest BCUT2D eigenvalue weighted by atomic mass is 10.1. The van der Waals surface area contributed by atoms with Gasteiger partial charge in [0.15, 0.2) is 0 Å². The molecule has 0 aliphatic heterocycles. The lowest BCUT2D eigenvalue weighted by Gasteiger charge is -2.30. The van der Waals surface area contributed by atoms with Crippen molar-refractivity contribution in [2.24, 2.45) is 5.92 Å². The molecule has 0 aliphatic carbocycles. The van der Waals surface area contributed by atoms with E-state index in [1.54, 1.807) is 0 Å². The number of aliphatic hydroxyl groups excluding tert-OH is 1. The van der Waals surface area contributed by atoms with Crippen LogP contribution in [0, 0.1) is 12.8 Å². The zero-order chi connectivity index (χ0) is 13.7. The van der Waals surface area contributed by atoms with Crippen LogP contribution < -0.4 is 0 Å². The van der Waals surface area contributed by atoms with Crippen molar-refractivity contribution in [1.29, 1.82) is 0 Å². The van der Waals surface area contributed by atoms with Crippen LogP contribution in [0.2, 0.25) is 0 Å². The second-order valence-corrected chi connectivity index (χ2v) is 5.87. The summed E-state index contributed by atoms with van der Waals surface area (Å²) in [6.45, 7) is 12.6. The quantitative estimate of drug-likeness (QED) is 0.835. The molecule has 2 nitrogen and oxygen atoms in total. The smallest absolute Gasteiger partial charge is 0.0917 e. The van der Waals surface area contributed by atoms with E-state index >= 15 is 0 Å². The second kappa shape index (κ2) is 6.91. The minimum absolute atomic E-state index is 0.397. The minimum atomic E-state index is -0.397. The van der Waals surface area contributed by atoms with Gasteiger partial charge in [-0.3, -0.25) is 4.90 Å². The van der Waals surface area contributed by atoms with Crippen molar-refractivity contribution in [2.75, 3.05) is 13.1 Å². The van der Waals surface area contributed by atoms with Gasteiger partial charge in [-0.15, -0.1) is 0 Å². The van der Waals surface area contributed by atoms with Crippen molar-refractivity contribution in [3.05, 3.63) is 35.4 Å². The van der Waals surface area contributed by atoms with E-state index in [1.807, 2.05) is 12.1 Å². The maximum absolute atomic E-state index is 10.3. The summed E-state index contributed by atoms with van der Waals surface area (Å²) in [5, 5.41) is 10.3. The summed E-state index contributed by atoms with van der Waals surface area (Å²) >= 11 is 0. The molecule has 18 heavy (non-hydrogen) atoms. The average molecular weight is 249 g/mol. The Morgan fingerprint density at radius 3 is 2.00 bits per heavy atom. The number of aliphatic hydroxyl groups is 1. The molecule has 1 unspecified atom stereocenters. The Hall–Kier alpha value is -0.860. The highest BCUT2D eigenvalue weighted by atomic mass is 16.3. The zero-order valence-electron chi connectivity index (χ0n) is 12.4. The van der Waals surface area contributed by atoms with Crippen molar-refractivity contribution in [3.8, 4) is 0 Å². The van der Waals surface area contributed by atoms with E-state index in [0.717, 1.165) is 12.1 Å². The van der Waals surface area contributed by atoms with Crippen LogP contribution in [-0.2, 0) is 0 Å². The Kier molecular flexibility index (Phi) is 5.83. The molecule has 1 rings (SSSR count). The SMILES string of the molecule is Cc1ccc(C(O)CN(CC(C)C)C(C)C)cc1. The first kappa shape index (κ1) is 15.2. The monoisotopic (exact) mass is 249 g/mol. The maximum Gasteiger partial charge on any atom is 0.0917 e. The van der Waals surface area contributed by atoms with E-state index < -0.39 is 6.10 Å². The topological polar surface area (TPSA) is 23.5 Å². The number of hydrogen-bond acceptors (Lipinski definition) is 2. The van der Waals surface area contributed by atoms with Crippen LogP contribution in [0.1, 0.15) is 44.9 Å². The van der Waals surface area contributed by atoms with Gasteiger partial charge in [0.2, 0.25) is 0 Å². The Labute approximate surface area is 112 Å². The van der Waals surface area contributed by atoms with Gasteiger partial charge in [0.05, 0.1) is 6.10 Å². The summed E-state index contributed by atoms with van der Waals surface area (Å²) in [6.07, 6.45) is -0.397. The molecule has 0 bridgehead atoms. The van der Waals surface area contributed by atoms with E-state index in [-0.39, 0.29) is 0 Å². The number of hydrogen-bond donors (Lipinski definition) is 1. The summed E-state index contributed by atoms with van der Waals surface area (Å²) < 4.78 is 0. The summed E-state index contributed by atoms with van der Waals surface area (Å²) in [5.41, 5.74) is 2.24. The second-order valence-electron chi connectivity index (χ2n) is 5.87. The van der Waals surface area contributed by atoms with E-state index in [9.17, 15) is 5.11 Å². The fourth-order valence-electron chi connectivity index (χ4n) is 2.08. The third-order valence-electron chi connectivity index (χ3n) is 3.20. The van der Waals surface area contributed by atoms with Gasteiger partial charge in [0, 0.05) is 19.1 Å². The highest BCUT2D eigenvalue weighted by Crippen LogP contribution is 2.17. The number of nitrogens with zero attached hydrogens (tertiary/aromatic N) is 1. The van der Waals surface area contributed by atoms with Gasteiger partial charge in [-0.2, -0.15) is 0 Å². The van der Waals surface area contributed by atoms with Gasteiger partial charge in [0.25, 0.3) is 0 Å². The van der Waals surface area contributed by atoms with Gasteiger partial charge < -0.3 is 5.11 Å². The highest BCUT2D eigenvalue weighted by Gasteiger charge is 2.16. The fraction of sp³-hybridized carbons (Fsp3) is 0.625. The fourth-order valence-corrected chi connectivity index (χ4v) is 2.08. The maximum atomic E-state index is 10.3. The Morgan fingerprint density at radius 2 is 1.56 bits per heavy atom. The van der Waals surface area contributed by atoms with E-state index in [0.29, 0.717) is 18.5 Å².